The van der Waals surface area contributed by atoms with E-state index < -0.39 is 11.6 Å². The van der Waals surface area contributed by atoms with Gasteiger partial charge in [-0.3, -0.25) is 4.79 Å². The third-order valence-electron chi connectivity index (χ3n) is 6.50. The molecular weight excluding hydrogens is 432 g/mol. The Morgan fingerprint density at radius 2 is 1.91 bits per heavy atom. The van der Waals surface area contributed by atoms with Crippen molar-refractivity contribution in [3.05, 3.63) is 56.9 Å². The molecule has 0 radical (unpaired) electrons. The van der Waals surface area contributed by atoms with E-state index in [1.54, 1.807) is 17.6 Å². The molecule has 3 aromatic rings. The average Bonchev–Trinajstić information content (AvgIpc) is 3.20. The Labute approximate surface area is 199 Å². The minimum absolute atomic E-state index is 0.0660. The zero-order chi connectivity index (χ0) is 24.8. The first-order valence-electron chi connectivity index (χ1n) is 12.1. The number of pyridine rings is 2. The highest BCUT2D eigenvalue weighted by atomic mass is 16.6. The number of carbonyl (C=O) groups is 1. The molecule has 1 atom stereocenters. The SMILES string of the molecule is CC.CCc1c2c(nc3ccc(OC(C)C)cc13)-c1cc3c(c(=O)n1C2)COC(=O)C3(O)CC. The average molecular weight is 465 g/mol. The molecule has 180 valence electrons. The molecule has 2 aliphatic heterocycles. The number of cyclic esters (lactones) is 1. The van der Waals surface area contributed by atoms with Gasteiger partial charge < -0.3 is 19.1 Å². The number of fused-ring (bicyclic) bond motifs is 5. The summed E-state index contributed by atoms with van der Waals surface area (Å²) in [6.07, 6.45) is 0.963. The number of aromatic nitrogens is 2. The number of aryl methyl sites for hydroxylation is 1. The van der Waals surface area contributed by atoms with Gasteiger partial charge in [0, 0.05) is 16.5 Å². The summed E-state index contributed by atoms with van der Waals surface area (Å²) >= 11 is 0. The minimum atomic E-state index is -1.82. The fourth-order valence-corrected chi connectivity index (χ4v) is 4.89. The van der Waals surface area contributed by atoms with Crippen LogP contribution in [0, 0.1) is 0 Å². The first-order valence-corrected chi connectivity index (χ1v) is 12.1. The van der Waals surface area contributed by atoms with Gasteiger partial charge in [0.25, 0.3) is 5.56 Å². The maximum atomic E-state index is 13.4. The maximum Gasteiger partial charge on any atom is 0.343 e. The van der Waals surface area contributed by atoms with Crippen LogP contribution in [0.5, 0.6) is 5.75 Å². The third kappa shape index (κ3) is 3.50. The topological polar surface area (TPSA) is 90.6 Å². The lowest BCUT2D eigenvalue weighted by molar-refractivity contribution is -0.172. The van der Waals surface area contributed by atoms with Gasteiger partial charge in [-0.15, -0.1) is 0 Å². The number of hydrogen-bond donors (Lipinski definition) is 1. The number of esters is 1. The highest BCUT2D eigenvalue weighted by molar-refractivity contribution is 5.90. The molecule has 0 spiro atoms. The Kier molecular flexibility index (Phi) is 6.25. The Balaban J connectivity index is 0.00000133. The number of hydrogen-bond acceptors (Lipinski definition) is 6. The number of benzene rings is 1. The number of aliphatic hydroxyl groups is 1. The Bertz CT molecular complexity index is 1340. The van der Waals surface area contributed by atoms with Crippen molar-refractivity contribution >= 4 is 16.9 Å². The van der Waals surface area contributed by atoms with E-state index in [1.807, 2.05) is 45.9 Å². The van der Waals surface area contributed by atoms with Gasteiger partial charge in [-0.25, -0.2) is 9.78 Å². The smallest absolute Gasteiger partial charge is 0.343 e. The number of carbonyl (C=O) groups excluding carboxylic acids is 1. The molecule has 1 unspecified atom stereocenters. The van der Waals surface area contributed by atoms with Crippen LogP contribution in [0.2, 0.25) is 0 Å². The van der Waals surface area contributed by atoms with Crippen molar-refractivity contribution in [3.63, 3.8) is 0 Å². The van der Waals surface area contributed by atoms with Gasteiger partial charge >= 0.3 is 5.97 Å². The van der Waals surface area contributed by atoms with Crippen molar-refractivity contribution in [2.24, 2.45) is 0 Å². The molecule has 0 saturated heterocycles. The number of nitrogens with zero attached hydrogens (tertiary/aromatic N) is 2. The Morgan fingerprint density at radius 1 is 1.18 bits per heavy atom. The fraction of sp³-hybridized carbons (Fsp3) is 0.444. The van der Waals surface area contributed by atoms with Gasteiger partial charge in [-0.1, -0.05) is 27.7 Å². The monoisotopic (exact) mass is 464 g/mol. The van der Waals surface area contributed by atoms with E-state index in [2.05, 4.69) is 6.92 Å². The number of ether oxygens (including phenoxy) is 2. The normalized spacial score (nSPS) is 18.1. The lowest BCUT2D eigenvalue weighted by Crippen LogP contribution is -2.44. The summed E-state index contributed by atoms with van der Waals surface area (Å²) in [5.41, 5.74) is 2.89. The minimum Gasteiger partial charge on any atom is -0.491 e. The second-order valence-corrected chi connectivity index (χ2v) is 8.72. The van der Waals surface area contributed by atoms with Gasteiger partial charge in [0.05, 0.1) is 35.1 Å². The quantitative estimate of drug-likeness (QED) is 0.449. The first-order chi connectivity index (χ1) is 16.3. The van der Waals surface area contributed by atoms with Gasteiger partial charge in [-0.2, -0.15) is 0 Å². The molecule has 7 heteroatoms. The highest BCUT2D eigenvalue weighted by Gasteiger charge is 2.45. The van der Waals surface area contributed by atoms with Crippen LogP contribution in [-0.4, -0.2) is 26.7 Å². The van der Waals surface area contributed by atoms with Crippen molar-refractivity contribution < 1.29 is 19.4 Å². The van der Waals surface area contributed by atoms with Crippen molar-refractivity contribution in [1.82, 2.24) is 9.55 Å². The summed E-state index contributed by atoms with van der Waals surface area (Å²) in [7, 11) is 0. The molecule has 1 N–H and O–H groups in total. The molecule has 2 aromatic heterocycles. The zero-order valence-electron chi connectivity index (χ0n) is 20.7. The molecule has 0 bridgehead atoms. The molecule has 2 aliphatic rings. The molecular formula is C27H32N2O5. The van der Waals surface area contributed by atoms with Crippen LogP contribution in [0.3, 0.4) is 0 Å². The maximum absolute atomic E-state index is 13.4. The second kappa shape index (κ2) is 8.87. The lowest BCUT2D eigenvalue weighted by atomic mass is 9.86. The van der Waals surface area contributed by atoms with E-state index in [1.165, 1.54) is 0 Å². The summed E-state index contributed by atoms with van der Waals surface area (Å²) < 4.78 is 12.7. The number of rotatable bonds is 4. The van der Waals surface area contributed by atoms with Crippen molar-refractivity contribution in [2.45, 2.75) is 79.2 Å². The molecule has 4 heterocycles. The van der Waals surface area contributed by atoms with Crippen molar-refractivity contribution in [3.8, 4) is 17.1 Å². The zero-order valence-corrected chi connectivity index (χ0v) is 20.7. The van der Waals surface area contributed by atoms with Crippen LogP contribution >= 0.6 is 0 Å². The summed E-state index contributed by atoms with van der Waals surface area (Å²) in [6.45, 7) is 12.0. The molecule has 0 fully saturated rings. The summed E-state index contributed by atoms with van der Waals surface area (Å²) in [5, 5.41) is 12.0. The van der Waals surface area contributed by atoms with Crippen LogP contribution in [0.25, 0.3) is 22.3 Å². The van der Waals surface area contributed by atoms with E-state index in [9.17, 15) is 14.7 Å². The molecule has 0 aliphatic carbocycles. The standard InChI is InChI=1S/C25H26N2O5.C2H6/c1-5-15-16-9-14(32-13(3)4)7-8-20(16)26-22-17(15)11-27-21(22)10-19-18(23(27)28)12-31-24(29)25(19,30)6-2;1-2/h7-10,13,30H,5-6,11-12H2,1-4H3;1-2H3. The van der Waals surface area contributed by atoms with Gasteiger partial charge in [-0.05, 0) is 56.5 Å². The Hall–Kier alpha value is -3.19. The van der Waals surface area contributed by atoms with E-state index in [-0.39, 0.29) is 24.7 Å². The van der Waals surface area contributed by atoms with E-state index in [0.29, 0.717) is 23.4 Å². The van der Waals surface area contributed by atoms with Crippen LogP contribution in [-0.2, 0) is 34.7 Å². The van der Waals surface area contributed by atoms with Crippen molar-refractivity contribution in [2.75, 3.05) is 0 Å². The first kappa shape index (κ1) is 24.0. The molecule has 0 saturated carbocycles. The lowest BCUT2D eigenvalue weighted by Gasteiger charge is -2.31. The van der Waals surface area contributed by atoms with E-state index >= 15 is 0 Å². The van der Waals surface area contributed by atoms with E-state index in [4.69, 9.17) is 14.5 Å². The van der Waals surface area contributed by atoms with Crippen LogP contribution in [0.1, 0.15) is 70.2 Å². The molecule has 34 heavy (non-hydrogen) atoms. The highest BCUT2D eigenvalue weighted by Crippen LogP contribution is 2.40. The van der Waals surface area contributed by atoms with Crippen LogP contribution < -0.4 is 10.3 Å². The summed E-state index contributed by atoms with van der Waals surface area (Å²) in [6, 6.07) is 7.61. The van der Waals surface area contributed by atoms with Crippen LogP contribution in [0.15, 0.2) is 29.1 Å². The largest absolute Gasteiger partial charge is 0.491 e. The summed E-state index contributed by atoms with van der Waals surface area (Å²) in [5.74, 6) is 0.0734. The van der Waals surface area contributed by atoms with E-state index in [0.717, 1.165) is 39.9 Å². The second-order valence-electron chi connectivity index (χ2n) is 8.72. The predicted molar refractivity (Wildman–Crippen MR) is 131 cm³/mol. The molecule has 5 rings (SSSR count). The van der Waals surface area contributed by atoms with Gasteiger partial charge in [0.1, 0.15) is 12.4 Å². The van der Waals surface area contributed by atoms with Crippen LogP contribution in [0.4, 0.5) is 0 Å². The predicted octanol–water partition coefficient (Wildman–Crippen LogP) is 4.46. The van der Waals surface area contributed by atoms with Gasteiger partial charge in [0.2, 0.25) is 0 Å². The fourth-order valence-electron chi connectivity index (χ4n) is 4.89. The molecule has 1 aromatic carbocycles. The summed E-state index contributed by atoms with van der Waals surface area (Å²) in [4.78, 5) is 30.6. The molecule has 7 nitrogen and oxygen atoms in total. The van der Waals surface area contributed by atoms with Crippen molar-refractivity contribution in [1.29, 1.82) is 0 Å². The Morgan fingerprint density at radius 3 is 2.56 bits per heavy atom. The third-order valence-corrected chi connectivity index (χ3v) is 6.50. The van der Waals surface area contributed by atoms with Gasteiger partial charge in [0.15, 0.2) is 5.60 Å². The molecule has 0 amide bonds.